The number of benzene rings is 1. The van der Waals surface area contributed by atoms with E-state index in [1.54, 1.807) is 7.05 Å². The van der Waals surface area contributed by atoms with Crippen LogP contribution in [-0.2, 0) is 4.79 Å². The average molecular weight is 380 g/mol. The molecule has 0 radical (unpaired) electrons. The molecule has 1 atom stereocenters. The molecule has 8 heteroatoms. The normalized spacial score (nSPS) is 15.6. The van der Waals surface area contributed by atoms with Gasteiger partial charge in [0.1, 0.15) is 23.0 Å². The van der Waals surface area contributed by atoms with E-state index in [9.17, 15) is 9.59 Å². The minimum Gasteiger partial charge on any atom is -0.494 e. The fourth-order valence-corrected chi connectivity index (χ4v) is 3.37. The first-order valence-corrected chi connectivity index (χ1v) is 9.03. The molecule has 0 bridgehead atoms. The van der Waals surface area contributed by atoms with Gasteiger partial charge in [-0.1, -0.05) is 0 Å². The second kappa shape index (κ2) is 7.22. The number of ether oxygens (including phenoxy) is 1. The molecular weight excluding hydrogens is 360 g/mol. The number of nitrogens with one attached hydrogen (secondary N) is 3. The molecule has 3 N–H and O–H groups in total. The quantitative estimate of drug-likeness (QED) is 0.631. The van der Waals surface area contributed by atoms with Gasteiger partial charge in [-0.2, -0.15) is 5.10 Å². The van der Waals surface area contributed by atoms with Gasteiger partial charge in [0.25, 0.3) is 5.91 Å². The third-order valence-electron chi connectivity index (χ3n) is 4.67. The van der Waals surface area contributed by atoms with Gasteiger partial charge in [0.05, 0.1) is 12.5 Å². The minimum absolute atomic E-state index is 0.173. The number of hydrogen-bond donors (Lipinski definition) is 3. The molecule has 0 saturated carbocycles. The molecular formula is C20H20N4O4. The molecule has 2 amide bonds. The number of hydrogen-bond acceptors (Lipinski definition) is 5. The van der Waals surface area contributed by atoms with Crippen molar-refractivity contribution in [3.63, 3.8) is 0 Å². The van der Waals surface area contributed by atoms with Gasteiger partial charge >= 0.3 is 0 Å². The Balaban J connectivity index is 1.68. The van der Waals surface area contributed by atoms with Crippen LogP contribution in [0.4, 0.5) is 5.82 Å². The van der Waals surface area contributed by atoms with Crippen molar-refractivity contribution in [1.29, 1.82) is 0 Å². The summed E-state index contributed by atoms with van der Waals surface area (Å²) in [7, 11) is 1.54. The second-order valence-electron chi connectivity index (χ2n) is 6.40. The van der Waals surface area contributed by atoms with Crippen molar-refractivity contribution in [2.24, 2.45) is 0 Å². The Morgan fingerprint density at radius 1 is 1.29 bits per heavy atom. The standard InChI is InChI=1S/C20H20N4O4/c1-3-27-12-6-4-11(5-7-12)14-8-9-15(28-14)13-10-16(25)22-19-17(13)18(23-24-19)20(26)21-2/h4-9,13H,3,10H2,1-2H3,(H,21,26)(H2,22,23,24,25). The number of amides is 2. The molecule has 1 aromatic carbocycles. The maximum absolute atomic E-state index is 12.2. The van der Waals surface area contributed by atoms with Gasteiger partial charge in [0.15, 0.2) is 5.82 Å². The van der Waals surface area contributed by atoms with Crippen LogP contribution in [0.2, 0.25) is 0 Å². The first kappa shape index (κ1) is 17.8. The number of aromatic nitrogens is 2. The zero-order valence-corrected chi connectivity index (χ0v) is 15.5. The van der Waals surface area contributed by atoms with Crippen LogP contribution in [0.5, 0.6) is 5.75 Å². The molecule has 3 aromatic rings. The molecule has 8 nitrogen and oxygen atoms in total. The van der Waals surface area contributed by atoms with E-state index in [1.165, 1.54) is 0 Å². The van der Waals surface area contributed by atoms with Crippen molar-refractivity contribution in [2.45, 2.75) is 19.3 Å². The van der Waals surface area contributed by atoms with Crippen molar-refractivity contribution in [3.05, 3.63) is 53.4 Å². The van der Waals surface area contributed by atoms with Gasteiger partial charge in [-0.05, 0) is 43.3 Å². The van der Waals surface area contributed by atoms with Crippen LogP contribution >= 0.6 is 0 Å². The predicted molar refractivity (Wildman–Crippen MR) is 102 cm³/mol. The summed E-state index contributed by atoms with van der Waals surface area (Å²) in [6.45, 7) is 2.54. The van der Waals surface area contributed by atoms with E-state index in [2.05, 4.69) is 20.8 Å². The van der Waals surface area contributed by atoms with E-state index in [4.69, 9.17) is 9.15 Å². The fraction of sp³-hybridized carbons (Fsp3) is 0.250. The van der Waals surface area contributed by atoms with Gasteiger partial charge in [-0.3, -0.25) is 14.7 Å². The third kappa shape index (κ3) is 3.13. The van der Waals surface area contributed by atoms with Gasteiger partial charge in [0.2, 0.25) is 5.91 Å². The molecule has 0 aliphatic carbocycles. The lowest BCUT2D eigenvalue weighted by molar-refractivity contribution is -0.116. The lowest BCUT2D eigenvalue weighted by Crippen LogP contribution is -2.26. The molecule has 2 aromatic heterocycles. The summed E-state index contributed by atoms with van der Waals surface area (Å²) < 4.78 is 11.5. The first-order valence-electron chi connectivity index (χ1n) is 9.03. The largest absolute Gasteiger partial charge is 0.494 e. The molecule has 4 rings (SSSR count). The maximum atomic E-state index is 12.2. The Kier molecular flexibility index (Phi) is 4.60. The summed E-state index contributed by atoms with van der Waals surface area (Å²) in [4.78, 5) is 24.3. The van der Waals surface area contributed by atoms with Crippen molar-refractivity contribution < 1.29 is 18.7 Å². The summed E-state index contributed by atoms with van der Waals surface area (Å²) in [5.74, 6) is 1.56. The van der Waals surface area contributed by atoms with E-state index in [0.29, 0.717) is 35.2 Å². The zero-order valence-electron chi connectivity index (χ0n) is 15.5. The van der Waals surface area contributed by atoms with E-state index < -0.39 is 5.92 Å². The highest BCUT2D eigenvalue weighted by molar-refractivity contribution is 6.00. The fourth-order valence-electron chi connectivity index (χ4n) is 3.37. The Labute approximate surface area is 161 Å². The first-order chi connectivity index (χ1) is 13.6. The maximum Gasteiger partial charge on any atom is 0.269 e. The number of carbonyl (C=O) groups excluding carboxylic acids is 2. The average Bonchev–Trinajstić information content (AvgIpc) is 3.35. The molecule has 1 aliphatic rings. The summed E-state index contributed by atoms with van der Waals surface area (Å²) >= 11 is 0. The van der Waals surface area contributed by atoms with Gasteiger partial charge in [-0.25, -0.2) is 0 Å². The lowest BCUT2D eigenvalue weighted by atomic mass is 9.89. The Morgan fingerprint density at radius 3 is 2.79 bits per heavy atom. The number of nitrogens with zero attached hydrogens (tertiary/aromatic N) is 1. The molecule has 0 fully saturated rings. The summed E-state index contributed by atoms with van der Waals surface area (Å²) in [5.41, 5.74) is 1.85. The van der Waals surface area contributed by atoms with E-state index in [1.807, 2.05) is 43.3 Å². The number of anilines is 1. The zero-order chi connectivity index (χ0) is 19.7. The SMILES string of the molecule is CCOc1ccc(-c2ccc(C3CC(=O)Nc4n[nH]c(C(=O)NC)c43)o2)cc1. The predicted octanol–water partition coefficient (Wildman–Crippen LogP) is 2.90. The van der Waals surface area contributed by atoms with Gasteiger partial charge < -0.3 is 19.8 Å². The third-order valence-corrected chi connectivity index (χ3v) is 4.67. The molecule has 0 saturated heterocycles. The smallest absolute Gasteiger partial charge is 0.269 e. The molecule has 0 spiro atoms. The number of furan rings is 1. The Bertz CT molecular complexity index is 1020. The monoisotopic (exact) mass is 380 g/mol. The molecule has 3 heterocycles. The highest BCUT2D eigenvalue weighted by Gasteiger charge is 2.35. The van der Waals surface area contributed by atoms with Crippen LogP contribution in [0.3, 0.4) is 0 Å². The van der Waals surface area contributed by atoms with Crippen molar-refractivity contribution in [3.8, 4) is 17.1 Å². The van der Waals surface area contributed by atoms with Crippen LogP contribution < -0.4 is 15.4 Å². The summed E-state index contributed by atoms with van der Waals surface area (Å²) in [6.07, 6.45) is 0.173. The molecule has 28 heavy (non-hydrogen) atoms. The topological polar surface area (TPSA) is 109 Å². The van der Waals surface area contributed by atoms with Gasteiger partial charge in [-0.15, -0.1) is 0 Å². The number of carbonyl (C=O) groups is 2. The Morgan fingerprint density at radius 2 is 2.07 bits per heavy atom. The van der Waals surface area contributed by atoms with Crippen LogP contribution in [0.15, 0.2) is 40.8 Å². The van der Waals surface area contributed by atoms with Crippen LogP contribution in [-0.4, -0.2) is 35.7 Å². The van der Waals surface area contributed by atoms with E-state index in [0.717, 1.165) is 11.3 Å². The lowest BCUT2D eigenvalue weighted by Gasteiger charge is -2.21. The van der Waals surface area contributed by atoms with E-state index in [-0.39, 0.29) is 18.2 Å². The number of aromatic amines is 1. The van der Waals surface area contributed by atoms with Gasteiger partial charge in [0, 0.05) is 24.6 Å². The number of fused-ring (bicyclic) bond motifs is 1. The van der Waals surface area contributed by atoms with Crippen LogP contribution in [0.25, 0.3) is 11.3 Å². The Hall–Kier alpha value is -3.55. The van der Waals surface area contributed by atoms with E-state index >= 15 is 0 Å². The molecule has 144 valence electrons. The van der Waals surface area contributed by atoms with Crippen molar-refractivity contribution in [2.75, 3.05) is 19.0 Å². The highest BCUT2D eigenvalue weighted by atomic mass is 16.5. The molecule has 1 aliphatic heterocycles. The minimum atomic E-state index is -0.397. The highest BCUT2D eigenvalue weighted by Crippen LogP contribution is 2.40. The summed E-state index contributed by atoms with van der Waals surface area (Å²) in [6, 6.07) is 11.3. The van der Waals surface area contributed by atoms with Crippen LogP contribution in [0.1, 0.15) is 41.1 Å². The van der Waals surface area contributed by atoms with Crippen LogP contribution in [0, 0.1) is 0 Å². The number of H-pyrrole nitrogens is 1. The summed E-state index contributed by atoms with van der Waals surface area (Å²) in [5, 5.41) is 12.1. The number of rotatable bonds is 5. The van der Waals surface area contributed by atoms with Crippen molar-refractivity contribution in [1.82, 2.24) is 15.5 Å². The molecule has 1 unspecified atom stereocenters. The second-order valence-corrected chi connectivity index (χ2v) is 6.40. The van der Waals surface area contributed by atoms with Crippen molar-refractivity contribution >= 4 is 17.6 Å².